The number of halogens is 1. The van der Waals surface area contributed by atoms with Crippen LogP contribution in [0.1, 0.15) is 24.0 Å². The largest absolute Gasteiger partial charge is 0.346 e. The summed E-state index contributed by atoms with van der Waals surface area (Å²) in [6, 6.07) is 4.69. The number of hydrogen-bond donors (Lipinski definition) is 1. The lowest BCUT2D eigenvalue weighted by molar-refractivity contribution is 0.634. The number of nitrogens with two attached hydrogens (primary N) is 1. The van der Waals surface area contributed by atoms with Crippen LogP contribution in [-0.2, 0) is 19.4 Å². The SMILES string of the molecule is NCCCc1cc2c3c(c1)c(Br)cn3CCC2. The Labute approximate surface area is 110 Å². The lowest BCUT2D eigenvalue weighted by Crippen LogP contribution is -2.07. The summed E-state index contributed by atoms with van der Waals surface area (Å²) in [5.74, 6) is 0. The second kappa shape index (κ2) is 4.46. The van der Waals surface area contributed by atoms with Crippen LogP contribution in [0.5, 0.6) is 0 Å². The van der Waals surface area contributed by atoms with Crippen LogP contribution in [0.4, 0.5) is 0 Å². The molecule has 1 aromatic carbocycles. The van der Waals surface area contributed by atoms with Gasteiger partial charge < -0.3 is 10.3 Å². The zero-order valence-corrected chi connectivity index (χ0v) is 11.5. The Balaban J connectivity index is 2.14. The van der Waals surface area contributed by atoms with Crippen molar-refractivity contribution >= 4 is 26.8 Å². The highest BCUT2D eigenvalue weighted by atomic mass is 79.9. The van der Waals surface area contributed by atoms with Crippen LogP contribution in [0.15, 0.2) is 22.8 Å². The number of rotatable bonds is 3. The highest BCUT2D eigenvalue weighted by Crippen LogP contribution is 2.33. The molecule has 0 radical (unpaired) electrons. The van der Waals surface area contributed by atoms with Crippen LogP contribution in [0.2, 0.25) is 0 Å². The average molecular weight is 293 g/mol. The van der Waals surface area contributed by atoms with Crippen molar-refractivity contribution in [3.8, 4) is 0 Å². The molecule has 3 heteroatoms. The molecule has 2 heterocycles. The van der Waals surface area contributed by atoms with Crippen LogP contribution < -0.4 is 5.73 Å². The van der Waals surface area contributed by atoms with Gasteiger partial charge in [-0.05, 0) is 65.4 Å². The van der Waals surface area contributed by atoms with E-state index in [9.17, 15) is 0 Å². The van der Waals surface area contributed by atoms with Crippen LogP contribution >= 0.6 is 15.9 Å². The highest BCUT2D eigenvalue weighted by Gasteiger charge is 2.16. The fourth-order valence-electron chi connectivity index (χ4n) is 2.81. The fraction of sp³-hybridized carbons (Fsp3) is 0.429. The van der Waals surface area contributed by atoms with E-state index in [4.69, 9.17) is 5.73 Å². The molecule has 90 valence electrons. The standard InChI is InChI=1S/C14H17BrN2/c15-13-9-17-6-2-4-11-7-10(3-1-5-16)8-12(13)14(11)17/h7-9H,1-6,16H2. The number of benzene rings is 1. The minimum absolute atomic E-state index is 0.773. The first-order valence-corrected chi connectivity index (χ1v) is 7.09. The zero-order valence-electron chi connectivity index (χ0n) is 9.88. The molecule has 0 amide bonds. The van der Waals surface area contributed by atoms with E-state index in [1.807, 2.05) is 0 Å². The van der Waals surface area contributed by atoms with E-state index >= 15 is 0 Å². The van der Waals surface area contributed by atoms with Gasteiger partial charge in [-0.25, -0.2) is 0 Å². The van der Waals surface area contributed by atoms with Crippen molar-refractivity contribution in [2.45, 2.75) is 32.2 Å². The normalized spacial score (nSPS) is 14.5. The van der Waals surface area contributed by atoms with E-state index < -0.39 is 0 Å². The van der Waals surface area contributed by atoms with Gasteiger partial charge in [-0.2, -0.15) is 0 Å². The molecule has 2 aromatic rings. The van der Waals surface area contributed by atoms with Gasteiger partial charge in [0.05, 0.1) is 5.52 Å². The number of hydrogen-bond acceptors (Lipinski definition) is 1. The van der Waals surface area contributed by atoms with E-state index in [-0.39, 0.29) is 0 Å². The van der Waals surface area contributed by atoms with Crippen LogP contribution in [0, 0.1) is 0 Å². The minimum Gasteiger partial charge on any atom is -0.346 e. The van der Waals surface area contributed by atoms with Gasteiger partial charge in [0.15, 0.2) is 0 Å². The van der Waals surface area contributed by atoms with Crippen LogP contribution in [-0.4, -0.2) is 11.1 Å². The van der Waals surface area contributed by atoms with Crippen molar-refractivity contribution in [2.24, 2.45) is 5.73 Å². The molecule has 0 aliphatic carbocycles. The third kappa shape index (κ3) is 1.91. The molecular formula is C14H17BrN2. The van der Waals surface area contributed by atoms with E-state index in [1.165, 1.54) is 39.3 Å². The third-order valence-electron chi connectivity index (χ3n) is 3.58. The zero-order chi connectivity index (χ0) is 11.8. The highest BCUT2D eigenvalue weighted by molar-refractivity contribution is 9.10. The Hall–Kier alpha value is -0.800. The maximum Gasteiger partial charge on any atom is 0.0524 e. The first kappa shape index (κ1) is 11.3. The molecule has 17 heavy (non-hydrogen) atoms. The number of aryl methyl sites for hydroxylation is 3. The van der Waals surface area contributed by atoms with Gasteiger partial charge in [0.25, 0.3) is 0 Å². The first-order valence-electron chi connectivity index (χ1n) is 6.30. The summed E-state index contributed by atoms with van der Waals surface area (Å²) in [4.78, 5) is 0. The van der Waals surface area contributed by atoms with Gasteiger partial charge in [-0.15, -0.1) is 0 Å². The predicted molar refractivity (Wildman–Crippen MR) is 75.3 cm³/mol. The summed E-state index contributed by atoms with van der Waals surface area (Å²) >= 11 is 3.68. The fourth-order valence-corrected chi connectivity index (χ4v) is 3.36. The first-order chi connectivity index (χ1) is 8.29. The molecule has 0 saturated carbocycles. The lowest BCUT2D eigenvalue weighted by Gasteiger charge is -2.16. The van der Waals surface area contributed by atoms with Crippen LogP contribution in [0.3, 0.4) is 0 Å². The molecule has 0 spiro atoms. The summed E-state index contributed by atoms with van der Waals surface area (Å²) in [7, 11) is 0. The van der Waals surface area contributed by atoms with E-state index in [2.05, 4.69) is 38.8 Å². The Morgan fingerprint density at radius 1 is 1.35 bits per heavy atom. The lowest BCUT2D eigenvalue weighted by atomic mass is 9.98. The molecule has 0 unspecified atom stereocenters. The van der Waals surface area contributed by atoms with Crippen molar-refractivity contribution in [1.29, 1.82) is 0 Å². The van der Waals surface area contributed by atoms with Gasteiger partial charge >= 0.3 is 0 Å². The monoisotopic (exact) mass is 292 g/mol. The molecule has 0 fully saturated rings. The maximum absolute atomic E-state index is 5.59. The maximum atomic E-state index is 5.59. The van der Waals surface area contributed by atoms with Gasteiger partial charge in [-0.1, -0.05) is 6.07 Å². The molecule has 0 atom stereocenters. The van der Waals surface area contributed by atoms with Gasteiger partial charge in [-0.3, -0.25) is 0 Å². The van der Waals surface area contributed by atoms with Gasteiger partial charge in [0, 0.05) is 22.6 Å². The molecule has 0 saturated heterocycles. The topological polar surface area (TPSA) is 30.9 Å². The van der Waals surface area contributed by atoms with E-state index in [0.717, 1.165) is 25.9 Å². The van der Waals surface area contributed by atoms with Gasteiger partial charge in [0.1, 0.15) is 0 Å². The Bertz CT molecular complexity index is 557. The average Bonchev–Trinajstić information content (AvgIpc) is 2.66. The van der Waals surface area contributed by atoms with Crippen molar-refractivity contribution in [1.82, 2.24) is 4.57 Å². The number of nitrogens with zero attached hydrogens (tertiary/aromatic N) is 1. The molecule has 3 rings (SSSR count). The summed E-state index contributed by atoms with van der Waals surface area (Å²) < 4.78 is 3.61. The predicted octanol–water partition coefficient (Wildman–Crippen LogP) is 3.24. The molecule has 1 aliphatic heterocycles. The quantitative estimate of drug-likeness (QED) is 0.925. The number of aromatic nitrogens is 1. The molecule has 1 aliphatic rings. The van der Waals surface area contributed by atoms with Crippen LogP contribution in [0.25, 0.3) is 10.9 Å². The summed E-state index contributed by atoms with van der Waals surface area (Å²) in [5, 5.41) is 1.37. The molecule has 1 aromatic heterocycles. The molecular weight excluding hydrogens is 276 g/mol. The van der Waals surface area contributed by atoms with Crippen molar-refractivity contribution < 1.29 is 0 Å². The molecule has 2 nitrogen and oxygen atoms in total. The Morgan fingerprint density at radius 3 is 3.06 bits per heavy atom. The summed E-state index contributed by atoms with van der Waals surface area (Å²) in [6.07, 6.45) is 6.85. The Kier molecular flexibility index (Phi) is 2.97. The second-order valence-electron chi connectivity index (χ2n) is 4.82. The van der Waals surface area contributed by atoms with E-state index in [1.54, 1.807) is 0 Å². The van der Waals surface area contributed by atoms with Crippen molar-refractivity contribution in [3.63, 3.8) is 0 Å². The third-order valence-corrected chi connectivity index (χ3v) is 4.21. The van der Waals surface area contributed by atoms with Gasteiger partial charge in [0.2, 0.25) is 0 Å². The summed E-state index contributed by atoms with van der Waals surface area (Å²) in [6.45, 7) is 1.92. The molecule has 0 bridgehead atoms. The summed E-state index contributed by atoms with van der Waals surface area (Å²) in [5.41, 5.74) is 9.96. The molecule has 2 N–H and O–H groups in total. The van der Waals surface area contributed by atoms with Crippen molar-refractivity contribution in [3.05, 3.63) is 33.9 Å². The van der Waals surface area contributed by atoms with E-state index in [0.29, 0.717) is 0 Å². The Morgan fingerprint density at radius 2 is 2.24 bits per heavy atom. The smallest absolute Gasteiger partial charge is 0.0524 e. The minimum atomic E-state index is 0.773. The van der Waals surface area contributed by atoms with Crippen molar-refractivity contribution in [2.75, 3.05) is 6.54 Å². The second-order valence-corrected chi connectivity index (χ2v) is 5.67.